The zero-order valence-electron chi connectivity index (χ0n) is 14.4. The summed E-state index contributed by atoms with van der Waals surface area (Å²) in [5, 5.41) is 6.02. The van der Waals surface area contributed by atoms with Gasteiger partial charge in [-0.25, -0.2) is 0 Å². The first-order valence-corrected chi connectivity index (χ1v) is 9.48. The molecule has 1 fully saturated rings. The number of hydrogen-bond donors (Lipinski definition) is 0. The number of thiophene rings is 1. The molecule has 0 bridgehead atoms. The van der Waals surface area contributed by atoms with Crippen molar-refractivity contribution in [2.24, 2.45) is 0 Å². The Balaban J connectivity index is 1.48. The van der Waals surface area contributed by atoms with E-state index in [4.69, 9.17) is 9.26 Å². The first kappa shape index (κ1) is 16.8. The third-order valence-corrected chi connectivity index (χ3v) is 5.25. The fourth-order valence-electron chi connectivity index (χ4n) is 3.13. The number of benzene rings is 1. The van der Waals surface area contributed by atoms with Gasteiger partial charge >= 0.3 is 0 Å². The van der Waals surface area contributed by atoms with Crippen molar-refractivity contribution in [2.45, 2.75) is 25.8 Å². The monoisotopic (exact) mass is 369 g/mol. The highest BCUT2D eigenvalue weighted by Gasteiger charge is 2.34. The maximum Gasteiger partial charge on any atom is 0.232 e. The summed E-state index contributed by atoms with van der Waals surface area (Å²) in [7, 11) is 0. The molecule has 1 unspecified atom stereocenters. The van der Waals surface area contributed by atoms with Crippen LogP contribution in [0.2, 0.25) is 0 Å². The van der Waals surface area contributed by atoms with Crippen molar-refractivity contribution in [1.29, 1.82) is 0 Å². The van der Waals surface area contributed by atoms with E-state index in [1.165, 1.54) is 0 Å². The zero-order valence-corrected chi connectivity index (χ0v) is 15.2. The first-order valence-electron chi connectivity index (χ1n) is 8.60. The van der Waals surface area contributed by atoms with Gasteiger partial charge in [0.25, 0.3) is 0 Å². The van der Waals surface area contributed by atoms with Gasteiger partial charge < -0.3 is 14.2 Å². The number of rotatable bonds is 6. The van der Waals surface area contributed by atoms with Crippen LogP contribution in [0.25, 0.3) is 10.7 Å². The summed E-state index contributed by atoms with van der Waals surface area (Å²) in [6.07, 6.45) is 0.392. The quantitative estimate of drug-likeness (QED) is 0.662. The number of para-hydroxylation sites is 1. The molecule has 1 aliphatic heterocycles. The van der Waals surface area contributed by atoms with E-state index in [9.17, 15) is 4.79 Å². The molecule has 4 rings (SSSR count). The summed E-state index contributed by atoms with van der Waals surface area (Å²) in [5.41, 5.74) is 1.01. The lowest BCUT2D eigenvalue weighted by atomic mass is 10.1. The molecule has 0 N–H and O–H groups in total. The van der Waals surface area contributed by atoms with Gasteiger partial charge in [-0.05, 0) is 24.4 Å². The average Bonchev–Trinajstić information content (AvgIpc) is 3.38. The molecule has 1 saturated heterocycles. The molecule has 0 saturated carbocycles. The van der Waals surface area contributed by atoms with Crippen molar-refractivity contribution < 1.29 is 14.1 Å². The Morgan fingerprint density at radius 2 is 2.19 bits per heavy atom. The Hall–Kier alpha value is -2.67. The molecular formula is C19H19N3O3S. The van der Waals surface area contributed by atoms with Crippen molar-refractivity contribution in [3.63, 3.8) is 0 Å². The molecule has 0 radical (unpaired) electrons. The normalized spacial score (nSPS) is 17.0. The summed E-state index contributed by atoms with van der Waals surface area (Å²) in [6, 6.07) is 11.7. The van der Waals surface area contributed by atoms with Crippen LogP contribution in [0.15, 0.2) is 46.3 Å². The van der Waals surface area contributed by atoms with Gasteiger partial charge in [0.05, 0.1) is 17.4 Å². The minimum atomic E-state index is -0.0667. The van der Waals surface area contributed by atoms with E-state index >= 15 is 0 Å². The van der Waals surface area contributed by atoms with Crippen molar-refractivity contribution in [2.75, 3.05) is 13.2 Å². The number of nitrogens with zero attached hydrogens (tertiary/aromatic N) is 3. The standard InChI is InChI=1S/C19H19N3O3S/c1-2-24-15-7-4-3-6-13(15)11-22-12-14(10-17(22)23)19-20-18(21-25-19)16-8-5-9-26-16/h3-9,14H,2,10-12H2,1H3. The van der Waals surface area contributed by atoms with Crippen molar-refractivity contribution in [3.8, 4) is 16.5 Å². The van der Waals surface area contributed by atoms with Gasteiger partial charge in [-0.15, -0.1) is 11.3 Å². The molecule has 26 heavy (non-hydrogen) atoms. The second kappa shape index (κ2) is 7.29. The summed E-state index contributed by atoms with van der Waals surface area (Å²) >= 11 is 1.56. The molecule has 0 spiro atoms. The largest absolute Gasteiger partial charge is 0.494 e. The average molecular weight is 369 g/mol. The highest BCUT2D eigenvalue weighted by Crippen LogP contribution is 2.31. The number of carbonyl (C=O) groups excluding carboxylic acids is 1. The van der Waals surface area contributed by atoms with Crippen LogP contribution in [-0.2, 0) is 11.3 Å². The highest BCUT2D eigenvalue weighted by molar-refractivity contribution is 7.13. The minimum absolute atomic E-state index is 0.0667. The highest BCUT2D eigenvalue weighted by atomic mass is 32.1. The van der Waals surface area contributed by atoms with Crippen molar-refractivity contribution in [3.05, 3.63) is 53.2 Å². The maximum atomic E-state index is 12.5. The molecule has 1 aliphatic rings. The minimum Gasteiger partial charge on any atom is -0.494 e. The number of amides is 1. The molecule has 3 heterocycles. The Morgan fingerprint density at radius 1 is 1.31 bits per heavy atom. The van der Waals surface area contributed by atoms with Crippen molar-refractivity contribution in [1.82, 2.24) is 15.0 Å². The number of ether oxygens (including phenoxy) is 1. The Morgan fingerprint density at radius 3 is 3.00 bits per heavy atom. The van der Waals surface area contributed by atoms with Gasteiger partial charge in [-0.1, -0.05) is 29.4 Å². The van der Waals surface area contributed by atoms with E-state index < -0.39 is 0 Å². The van der Waals surface area contributed by atoms with Crippen LogP contribution >= 0.6 is 11.3 Å². The van der Waals surface area contributed by atoms with Gasteiger partial charge in [0.1, 0.15) is 5.75 Å². The third-order valence-electron chi connectivity index (χ3n) is 4.38. The van der Waals surface area contributed by atoms with E-state index in [1.54, 1.807) is 11.3 Å². The summed E-state index contributed by atoms with van der Waals surface area (Å²) < 4.78 is 11.1. The summed E-state index contributed by atoms with van der Waals surface area (Å²) in [5.74, 6) is 1.97. The summed E-state index contributed by atoms with van der Waals surface area (Å²) in [6.45, 7) is 3.65. The van der Waals surface area contributed by atoms with Crippen LogP contribution < -0.4 is 4.74 Å². The second-order valence-corrected chi connectivity index (χ2v) is 7.10. The molecular weight excluding hydrogens is 350 g/mol. The molecule has 0 aliphatic carbocycles. The molecule has 2 aromatic heterocycles. The SMILES string of the molecule is CCOc1ccccc1CN1CC(c2nc(-c3cccs3)no2)CC1=O. The molecule has 1 amide bonds. The zero-order chi connectivity index (χ0) is 17.9. The van der Waals surface area contributed by atoms with Gasteiger partial charge in [-0.3, -0.25) is 4.79 Å². The number of carbonyl (C=O) groups is 1. The molecule has 7 heteroatoms. The van der Waals surface area contributed by atoms with Crippen LogP contribution in [0.5, 0.6) is 5.75 Å². The molecule has 134 valence electrons. The van der Waals surface area contributed by atoms with E-state index in [0.29, 0.717) is 37.8 Å². The molecule has 1 atom stereocenters. The van der Waals surface area contributed by atoms with Crippen LogP contribution in [-0.4, -0.2) is 34.1 Å². The number of likely N-dealkylation sites (tertiary alicyclic amines) is 1. The molecule has 1 aromatic carbocycles. The Kier molecular flexibility index (Phi) is 4.71. The van der Waals surface area contributed by atoms with Crippen LogP contribution in [0.1, 0.15) is 30.7 Å². The third kappa shape index (κ3) is 3.35. The van der Waals surface area contributed by atoms with E-state index in [1.807, 2.05) is 53.6 Å². The topological polar surface area (TPSA) is 68.5 Å². The predicted octanol–water partition coefficient (Wildman–Crippen LogP) is 3.71. The molecule has 3 aromatic rings. The lowest BCUT2D eigenvalue weighted by Crippen LogP contribution is -2.24. The Labute approximate surface area is 155 Å². The van der Waals surface area contributed by atoms with Gasteiger partial charge in [0.15, 0.2) is 0 Å². The van der Waals surface area contributed by atoms with E-state index in [-0.39, 0.29) is 11.8 Å². The van der Waals surface area contributed by atoms with Gasteiger partial charge in [0.2, 0.25) is 17.6 Å². The van der Waals surface area contributed by atoms with Crippen molar-refractivity contribution >= 4 is 17.2 Å². The smallest absolute Gasteiger partial charge is 0.232 e. The Bertz CT molecular complexity index is 891. The first-order chi connectivity index (χ1) is 12.7. The molecule has 6 nitrogen and oxygen atoms in total. The van der Waals surface area contributed by atoms with Crippen LogP contribution in [0.4, 0.5) is 0 Å². The van der Waals surface area contributed by atoms with E-state index in [0.717, 1.165) is 16.2 Å². The number of aromatic nitrogens is 2. The van der Waals surface area contributed by atoms with Gasteiger partial charge in [-0.2, -0.15) is 4.98 Å². The van der Waals surface area contributed by atoms with Crippen LogP contribution in [0, 0.1) is 0 Å². The fourth-order valence-corrected chi connectivity index (χ4v) is 3.78. The maximum absolute atomic E-state index is 12.5. The number of hydrogen-bond acceptors (Lipinski definition) is 6. The summed E-state index contributed by atoms with van der Waals surface area (Å²) in [4.78, 5) is 19.7. The second-order valence-electron chi connectivity index (χ2n) is 6.15. The lowest BCUT2D eigenvalue weighted by molar-refractivity contribution is -0.128. The van der Waals surface area contributed by atoms with Gasteiger partial charge in [0, 0.05) is 25.1 Å². The fraction of sp³-hybridized carbons (Fsp3) is 0.316. The predicted molar refractivity (Wildman–Crippen MR) is 98.0 cm³/mol. The van der Waals surface area contributed by atoms with Crippen LogP contribution in [0.3, 0.4) is 0 Å². The lowest BCUT2D eigenvalue weighted by Gasteiger charge is -2.18. The van der Waals surface area contributed by atoms with E-state index in [2.05, 4.69) is 10.1 Å².